The lowest BCUT2D eigenvalue weighted by Crippen LogP contribution is -2.45. The summed E-state index contributed by atoms with van der Waals surface area (Å²) >= 11 is 1.98. The predicted octanol–water partition coefficient (Wildman–Crippen LogP) is 4.21. The van der Waals surface area contributed by atoms with Crippen molar-refractivity contribution in [2.75, 3.05) is 5.75 Å². The minimum Gasteiger partial charge on any atom is -0.359 e. The van der Waals surface area contributed by atoms with Crippen molar-refractivity contribution in [2.45, 2.75) is 76.8 Å². The van der Waals surface area contributed by atoms with Crippen molar-refractivity contribution >= 4 is 16.9 Å². The van der Waals surface area contributed by atoms with Gasteiger partial charge in [-0.25, -0.2) is 0 Å². The molecule has 0 aromatic carbocycles. The van der Waals surface area contributed by atoms with E-state index in [-0.39, 0.29) is 0 Å². The van der Waals surface area contributed by atoms with Crippen LogP contribution in [0.2, 0.25) is 0 Å². The van der Waals surface area contributed by atoms with E-state index < -0.39 is 0 Å². The SMILES string of the molecule is CC1CC(C)CC(N=C2NC3(CCCCC3)CS2)C1. The fourth-order valence-corrected chi connectivity index (χ4v) is 5.53. The molecule has 3 fully saturated rings. The summed E-state index contributed by atoms with van der Waals surface area (Å²) in [7, 11) is 0. The summed E-state index contributed by atoms with van der Waals surface area (Å²) in [5, 5.41) is 5.05. The van der Waals surface area contributed by atoms with Crippen LogP contribution in [0, 0.1) is 11.8 Å². The van der Waals surface area contributed by atoms with E-state index in [0.29, 0.717) is 11.6 Å². The maximum atomic E-state index is 5.05. The Morgan fingerprint density at radius 3 is 2.42 bits per heavy atom. The van der Waals surface area contributed by atoms with Crippen LogP contribution in [-0.2, 0) is 0 Å². The number of nitrogens with one attached hydrogen (secondary N) is 1. The van der Waals surface area contributed by atoms with Gasteiger partial charge in [0, 0.05) is 11.3 Å². The second-order valence-corrected chi connectivity index (χ2v) is 8.22. The van der Waals surface area contributed by atoms with Gasteiger partial charge >= 0.3 is 0 Å². The van der Waals surface area contributed by atoms with Crippen LogP contribution in [0.25, 0.3) is 0 Å². The van der Waals surface area contributed by atoms with E-state index in [1.54, 1.807) is 0 Å². The molecule has 3 aliphatic rings. The molecule has 3 heteroatoms. The molecule has 0 radical (unpaired) electrons. The highest BCUT2D eigenvalue weighted by atomic mass is 32.2. The Labute approximate surface area is 122 Å². The highest BCUT2D eigenvalue weighted by Gasteiger charge is 2.38. The summed E-state index contributed by atoms with van der Waals surface area (Å²) in [6.07, 6.45) is 10.9. The van der Waals surface area contributed by atoms with Gasteiger partial charge in [0.05, 0.1) is 6.04 Å². The van der Waals surface area contributed by atoms with E-state index >= 15 is 0 Å². The van der Waals surface area contributed by atoms with Crippen molar-refractivity contribution < 1.29 is 0 Å². The number of amidine groups is 1. The van der Waals surface area contributed by atoms with Gasteiger partial charge in [0.15, 0.2) is 5.17 Å². The summed E-state index contributed by atoms with van der Waals surface area (Å²) in [4.78, 5) is 5.05. The largest absolute Gasteiger partial charge is 0.359 e. The molecule has 0 amide bonds. The molecule has 0 bridgehead atoms. The number of hydrogen-bond acceptors (Lipinski definition) is 2. The Kier molecular flexibility index (Phi) is 4.11. The summed E-state index contributed by atoms with van der Waals surface area (Å²) in [5.74, 6) is 2.96. The Hall–Kier alpha value is -0.180. The van der Waals surface area contributed by atoms with Gasteiger partial charge in [0.25, 0.3) is 0 Å². The summed E-state index contributed by atoms with van der Waals surface area (Å²) < 4.78 is 0. The maximum Gasteiger partial charge on any atom is 0.157 e. The molecule has 19 heavy (non-hydrogen) atoms. The Balaban J connectivity index is 1.62. The van der Waals surface area contributed by atoms with E-state index in [1.165, 1.54) is 62.3 Å². The zero-order valence-electron chi connectivity index (χ0n) is 12.5. The van der Waals surface area contributed by atoms with Crippen LogP contribution in [0.1, 0.15) is 65.2 Å². The van der Waals surface area contributed by atoms with E-state index in [9.17, 15) is 0 Å². The molecular formula is C16H28N2S. The second kappa shape index (κ2) is 5.67. The lowest BCUT2D eigenvalue weighted by atomic mass is 9.81. The molecule has 108 valence electrons. The van der Waals surface area contributed by atoms with Crippen LogP contribution in [0.5, 0.6) is 0 Å². The van der Waals surface area contributed by atoms with Crippen molar-refractivity contribution in [1.82, 2.24) is 5.32 Å². The molecule has 1 saturated heterocycles. The normalized spacial score (nSPS) is 40.5. The summed E-state index contributed by atoms with van der Waals surface area (Å²) in [6, 6.07) is 0.576. The lowest BCUT2D eigenvalue weighted by Gasteiger charge is -2.33. The fourth-order valence-electron chi connectivity index (χ4n) is 4.25. The first-order valence-electron chi connectivity index (χ1n) is 8.14. The first-order chi connectivity index (χ1) is 9.15. The van der Waals surface area contributed by atoms with Crippen molar-refractivity contribution in [3.05, 3.63) is 0 Å². The molecule has 2 atom stereocenters. The Morgan fingerprint density at radius 2 is 1.74 bits per heavy atom. The average Bonchev–Trinajstić information content (AvgIpc) is 2.71. The third-order valence-electron chi connectivity index (χ3n) is 5.12. The van der Waals surface area contributed by atoms with E-state index in [1.807, 2.05) is 11.8 Å². The van der Waals surface area contributed by atoms with Gasteiger partial charge in [-0.2, -0.15) is 0 Å². The topological polar surface area (TPSA) is 24.4 Å². The molecule has 2 saturated carbocycles. The number of nitrogens with zero attached hydrogens (tertiary/aromatic N) is 1. The average molecular weight is 280 g/mol. The minimum atomic E-state index is 0.410. The molecule has 2 nitrogen and oxygen atoms in total. The van der Waals surface area contributed by atoms with Crippen LogP contribution < -0.4 is 5.32 Å². The van der Waals surface area contributed by atoms with Gasteiger partial charge in [-0.1, -0.05) is 44.9 Å². The van der Waals surface area contributed by atoms with Crippen molar-refractivity contribution in [2.24, 2.45) is 16.8 Å². The Morgan fingerprint density at radius 1 is 1.05 bits per heavy atom. The minimum absolute atomic E-state index is 0.410. The smallest absolute Gasteiger partial charge is 0.157 e. The molecular weight excluding hydrogens is 252 g/mol. The Bertz CT molecular complexity index is 337. The second-order valence-electron chi connectivity index (χ2n) is 7.26. The third-order valence-corrected chi connectivity index (χ3v) is 6.30. The molecule has 1 heterocycles. The first kappa shape index (κ1) is 13.8. The zero-order chi connectivity index (χ0) is 13.3. The summed E-state index contributed by atoms with van der Waals surface area (Å²) in [6.45, 7) is 4.78. The van der Waals surface area contributed by atoms with Crippen molar-refractivity contribution in [1.29, 1.82) is 0 Å². The van der Waals surface area contributed by atoms with E-state index in [2.05, 4.69) is 19.2 Å². The molecule has 3 rings (SSSR count). The number of rotatable bonds is 1. The molecule has 0 aromatic rings. The van der Waals surface area contributed by atoms with Gasteiger partial charge < -0.3 is 5.32 Å². The standard InChI is InChI=1S/C16H28N2S/c1-12-8-13(2)10-14(9-12)17-15-18-16(11-19-15)6-4-3-5-7-16/h12-14H,3-11H2,1-2H3,(H,17,18). The van der Waals surface area contributed by atoms with Crippen LogP contribution >= 0.6 is 11.8 Å². The number of aliphatic imine (C=N–C) groups is 1. The lowest BCUT2D eigenvalue weighted by molar-refractivity contribution is 0.269. The van der Waals surface area contributed by atoms with Crippen molar-refractivity contribution in [3.8, 4) is 0 Å². The highest BCUT2D eigenvalue weighted by molar-refractivity contribution is 8.14. The van der Waals surface area contributed by atoms with Gasteiger partial charge in [0.2, 0.25) is 0 Å². The van der Waals surface area contributed by atoms with Crippen LogP contribution in [-0.4, -0.2) is 22.5 Å². The van der Waals surface area contributed by atoms with Crippen molar-refractivity contribution in [3.63, 3.8) is 0 Å². The number of hydrogen-bond donors (Lipinski definition) is 1. The van der Waals surface area contributed by atoms with Crippen LogP contribution in [0.4, 0.5) is 0 Å². The van der Waals surface area contributed by atoms with E-state index in [0.717, 1.165) is 11.8 Å². The monoisotopic (exact) mass is 280 g/mol. The summed E-state index contributed by atoms with van der Waals surface area (Å²) in [5.41, 5.74) is 0.410. The predicted molar refractivity (Wildman–Crippen MR) is 84.8 cm³/mol. The fraction of sp³-hybridized carbons (Fsp3) is 0.938. The van der Waals surface area contributed by atoms with Gasteiger partial charge in [0.1, 0.15) is 0 Å². The van der Waals surface area contributed by atoms with Crippen LogP contribution in [0.15, 0.2) is 4.99 Å². The molecule has 1 spiro atoms. The van der Waals surface area contributed by atoms with E-state index in [4.69, 9.17) is 4.99 Å². The molecule has 0 aromatic heterocycles. The highest BCUT2D eigenvalue weighted by Crippen LogP contribution is 2.37. The van der Waals surface area contributed by atoms with Gasteiger partial charge in [-0.15, -0.1) is 0 Å². The van der Waals surface area contributed by atoms with Crippen LogP contribution in [0.3, 0.4) is 0 Å². The zero-order valence-corrected chi connectivity index (χ0v) is 13.3. The quantitative estimate of drug-likeness (QED) is 0.778. The molecule has 1 N–H and O–H groups in total. The van der Waals surface area contributed by atoms with Gasteiger partial charge in [-0.3, -0.25) is 4.99 Å². The van der Waals surface area contributed by atoms with Gasteiger partial charge in [-0.05, 0) is 43.9 Å². The number of thioether (sulfide) groups is 1. The maximum absolute atomic E-state index is 5.05. The first-order valence-corrected chi connectivity index (χ1v) is 9.13. The molecule has 2 unspecified atom stereocenters. The third kappa shape index (κ3) is 3.29. The molecule has 1 aliphatic heterocycles. The molecule has 2 aliphatic carbocycles.